The van der Waals surface area contributed by atoms with Crippen LogP contribution in [0.25, 0.3) is 0 Å². The van der Waals surface area contributed by atoms with Crippen molar-refractivity contribution in [1.82, 2.24) is 10.2 Å². The Hall–Kier alpha value is -1.76. The summed E-state index contributed by atoms with van der Waals surface area (Å²) in [5.74, 6) is -2.50. The Bertz CT molecular complexity index is 831. The number of likely N-dealkylation sites (N-methyl/N-ethyl adjacent to an activating group) is 1. The lowest BCUT2D eigenvalue weighted by molar-refractivity contribution is -0.129. The molecular weight excluding hydrogens is 338 g/mol. The fraction of sp³-hybridized carbons (Fsp3) is 0.429. The van der Waals surface area contributed by atoms with Gasteiger partial charge in [0.05, 0.1) is 19.2 Å². The molecule has 6 nitrogen and oxygen atoms in total. The summed E-state index contributed by atoms with van der Waals surface area (Å²) in [6.45, 7) is -15.7. The Balaban J connectivity index is 3.28. The highest BCUT2D eigenvalue weighted by molar-refractivity contribution is 9.10. The van der Waals surface area contributed by atoms with Crippen LogP contribution >= 0.6 is 15.9 Å². The van der Waals surface area contributed by atoms with E-state index in [1.165, 1.54) is 19.2 Å². The number of anilines is 1. The predicted octanol–water partition coefficient (Wildman–Crippen LogP) is 1.64. The minimum atomic E-state index is -3.70. The van der Waals surface area contributed by atoms with Gasteiger partial charge in [-0.15, -0.1) is 0 Å². The van der Waals surface area contributed by atoms with Gasteiger partial charge in [-0.3, -0.25) is 9.59 Å². The number of amides is 2. The molecule has 0 radical (unpaired) electrons. The Morgan fingerprint density at radius 2 is 2.14 bits per heavy atom. The Morgan fingerprint density at radius 1 is 1.48 bits per heavy atom. The van der Waals surface area contributed by atoms with Crippen molar-refractivity contribution < 1.29 is 28.0 Å². The van der Waals surface area contributed by atoms with Gasteiger partial charge in [-0.1, -0.05) is 0 Å². The summed E-state index contributed by atoms with van der Waals surface area (Å²) in [4.78, 5) is 24.6. The zero-order chi connectivity index (χ0) is 24.6. The lowest BCUT2D eigenvalue weighted by Gasteiger charge is -2.19. The number of carbonyl (C=O) groups is 2. The van der Waals surface area contributed by atoms with Crippen LogP contribution in [-0.2, 0) is 4.79 Å². The number of hydrogen-bond donors (Lipinski definition) is 2. The standard InChI is InChI=1S/C14H20BrN3O3/c1-4-18(5-2)13(19)8-17-14(20)9-6-10(15)11(16)7-12(9)21-3/h6-7H,4-5,8,16H2,1-3H3,(H,17,20)/i1D3,2D3,4D2,5D2. The molecule has 1 aromatic rings. The Kier molecular flexibility index (Phi) is 2.81. The molecular formula is C14H20BrN3O3. The molecule has 0 saturated carbocycles. The highest BCUT2D eigenvalue weighted by Crippen LogP contribution is 2.28. The minimum Gasteiger partial charge on any atom is -0.496 e. The first kappa shape index (κ1) is 7.49. The smallest absolute Gasteiger partial charge is 0.255 e. The number of benzene rings is 1. The van der Waals surface area contributed by atoms with E-state index in [-0.39, 0.29) is 17.0 Å². The van der Waals surface area contributed by atoms with Crippen LogP contribution < -0.4 is 15.8 Å². The molecule has 1 rings (SSSR count). The van der Waals surface area contributed by atoms with Crippen LogP contribution in [-0.4, -0.2) is 43.4 Å². The van der Waals surface area contributed by atoms with Gasteiger partial charge < -0.3 is 20.7 Å². The molecule has 21 heavy (non-hydrogen) atoms. The van der Waals surface area contributed by atoms with E-state index in [4.69, 9.17) is 24.2 Å². The molecule has 0 aliphatic heterocycles. The molecule has 0 bridgehead atoms. The van der Waals surface area contributed by atoms with E-state index >= 15 is 0 Å². The third-order valence-electron chi connectivity index (χ3n) is 2.44. The summed E-state index contributed by atoms with van der Waals surface area (Å²) in [5, 5.41) is 2.08. The number of nitrogens with two attached hydrogens (primary N) is 1. The second kappa shape index (κ2) is 7.87. The van der Waals surface area contributed by atoms with E-state index in [9.17, 15) is 9.59 Å². The van der Waals surface area contributed by atoms with Crippen molar-refractivity contribution in [2.24, 2.45) is 0 Å². The quantitative estimate of drug-likeness (QED) is 0.748. The van der Waals surface area contributed by atoms with Crippen molar-refractivity contribution in [2.45, 2.75) is 13.7 Å². The third-order valence-corrected chi connectivity index (χ3v) is 3.12. The van der Waals surface area contributed by atoms with Crippen molar-refractivity contribution in [3.05, 3.63) is 22.2 Å². The molecule has 0 aliphatic carbocycles. The van der Waals surface area contributed by atoms with Crippen molar-refractivity contribution in [3.63, 3.8) is 0 Å². The van der Waals surface area contributed by atoms with Gasteiger partial charge in [0.1, 0.15) is 5.75 Å². The van der Waals surface area contributed by atoms with E-state index < -0.39 is 50.0 Å². The fourth-order valence-corrected chi connectivity index (χ4v) is 1.74. The lowest BCUT2D eigenvalue weighted by atomic mass is 10.1. The van der Waals surface area contributed by atoms with E-state index in [1.807, 2.05) is 0 Å². The van der Waals surface area contributed by atoms with Crippen molar-refractivity contribution >= 4 is 33.4 Å². The van der Waals surface area contributed by atoms with Gasteiger partial charge in [-0.05, 0) is 35.7 Å². The van der Waals surface area contributed by atoms with Crippen LogP contribution in [0.5, 0.6) is 5.75 Å². The molecule has 7 heteroatoms. The third kappa shape index (κ3) is 4.35. The number of halogens is 1. The highest BCUT2D eigenvalue weighted by atomic mass is 79.9. The lowest BCUT2D eigenvalue weighted by Crippen LogP contribution is -2.40. The first-order chi connectivity index (χ1) is 13.8. The minimum absolute atomic E-state index is 0.0261. The molecule has 0 unspecified atom stereocenters. The summed E-state index contributed by atoms with van der Waals surface area (Å²) in [6.07, 6.45) is 0. The molecule has 2 amide bonds. The highest BCUT2D eigenvalue weighted by Gasteiger charge is 2.17. The maximum absolute atomic E-state index is 12.6. The van der Waals surface area contributed by atoms with Crippen molar-refractivity contribution in [2.75, 3.05) is 32.4 Å². The van der Waals surface area contributed by atoms with Gasteiger partial charge in [0, 0.05) is 42.9 Å². The molecule has 0 aromatic heterocycles. The van der Waals surface area contributed by atoms with E-state index in [1.54, 1.807) is 0 Å². The maximum atomic E-state index is 12.6. The van der Waals surface area contributed by atoms with Gasteiger partial charge in [-0.25, -0.2) is 0 Å². The summed E-state index contributed by atoms with van der Waals surface area (Å²) in [5.41, 5.74) is 5.84. The van der Waals surface area contributed by atoms with Crippen LogP contribution in [0.1, 0.15) is 37.8 Å². The average molecular weight is 368 g/mol. The fourth-order valence-electron chi connectivity index (χ4n) is 1.40. The summed E-state index contributed by atoms with van der Waals surface area (Å²) < 4.78 is 80.0. The molecule has 0 saturated heterocycles. The van der Waals surface area contributed by atoms with Gasteiger partial charge >= 0.3 is 0 Å². The Morgan fingerprint density at radius 3 is 2.71 bits per heavy atom. The molecule has 3 N–H and O–H groups in total. The molecule has 1 aromatic carbocycles. The maximum Gasteiger partial charge on any atom is 0.255 e. The van der Waals surface area contributed by atoms with Crippen molar-refractivity contribution in [3.8, 4) is 5.75 Å². The number of nitrogens with zero attached hydrogens (tertiary/aromatic N) is 1. The van der Waals surface area contributed by atoms with E-state index in [2.05, 4.69) is 21.2 Å². The monoisotopic (exact) mass is 367 g/mol. The number of ether oxygens (including phenoxy) is 1. The number of hydrogen-bond acceptors (Lipinski definition) is 4. The van der Waals surface area contributed by atoms with Crippen LogP contribution in [0.3, 0.4) is 0 Å². The van der Waals surface area contributed by atoms with Crippen LogP contribution in [0.4, 0.5) is 5.69 Å². The van der Waals surface area contributed by atoms with Gasteiger partial charge in [0.25, 0.3) is 5.91 Å². The van der Waals surface area contributed by atoms with Gasteiger partial charge in [0.15, 0.2) is 0 Å². The largest absolute Gasteiger partial charge is 0.496 e. The van der Waals surface area contributed by atoms with Crippen LogP contribution in [0.15, 0.2) is 16.6 Å². The number of nitrogens with one attached hydrogen (secondary N) is 1. The van der Waals surface area contributed by atoms with Gasteiger partial charge in [0.2, 0.25) is 5.91 Å². The number of rotatable bonds is 6. The van der Waals surface area contributed by atoms with Crippen LogP contribution in [0, 0.1) is 0 Å². The second-order valence-corrected chi connectivity index (χ2v) is 4.56. The zero-order valence-corrected chi connectivity index (χ0v) is 12.6. The normalized spacial score (nSPS) is 19.7. The second-order valence-electron chi connectivity index (χ2n) is 3.71. The Labute approximate surface area is 146 Å². The molecule has 0 atom stereocenters. The first-order valence-corrected chi connectivity index (χ1v) is 6.32. The summed E-state index contributed by atoms with van der Waals surface area (Å²) >= 11 is 3.12. The predicted molar refractivity (Wildman–Crippen MR) is 85.4 cm³/mol. The molecule has 0 fully saturated rings. The topological polar surface area (TPSA) is 84.7 Å². The van der Waals surface area contributed by atoms with E-state index in [0.29, 0.717) is 4.47 Å². The first-order valence-electron chi connectivity index (χ1n) is 10.5. The zero-order valence-electron chi connectivity index (χ0n) is 21.0. The number of nitrogen functional groups attached to an aromatic ring is 1. The van der Waals surface area contributed by atoms with Gasteiger partial charge in [-0.2, -0.15) is 0 Å². The number of carbonyl (C=O) groups excluding carboxylic acids is 2. The summed E-state index contributed by atoms with van der Waals surface area (Å²) in [7, 11) is 1.25. The number of methoxy groups -OCH3 is 1. The molecule has 0 spiro atoms. The molecule has 116 valence electrons. The summed E-state index contributed by atoms with van der Waals surface area (Å²) in [6, 6.07) is 2.59. The van der Waals surface area contributed by atoms with Crippen molar-refractivity contribution in [1.29, 1.82) is 0 Å². The average Bonchev–Trinajstić information content (AvgIpc) is 2.59. The SMILES string of the molecule is [2H]C([2H])([2H])C([2H])([2H])N(C(=O)CNC(=O)c1cc(Br)c(N)cc1OC)C([2H])([2H])C([2H])([2H])[2H]. The van der Waals surface area contributed by atoms with E-state index in [0.717, 1.165) is 0 Å². The molecule has 0 aliphatic rings. The molecule has 0 heterocycles. The van der Waals surface area contributed by atoms with Crippen LogP contribution in [0.2, 0.25) is 0 Å².